The molecule has 0 aliphatic heterocycles. The highest BCUT2D eigenvalue weighted by Crippen LogP contribution is 2.37. The van der Waals surface area contributed by atoms with Gasteiger partial charge in [-0.05, 0) is 19.1 Å². The Bertz CT molecular complexity index is 595. The van der Waals surface area contributed by atoms with E-state index in [0.29, 0.717) is 22.4 Å². The summed E-state index contributed by atoms with van der Waals surface area (Å²) in [5, 5.41) is 0.323. The number of aromatic nitrogens is 1. The number of nitrogen functional groups attached to an aromatic ring is 1. The van der Waals surface area contributed by atoms with E-state index in [-0.39, 0.29) is 5.69 Å². The van der Waals surface area contributed by atoms with Crippen molar-refractivity contribution in [2.24, 2.45) is 0 Å². The number of ether oxygens (including phenoxy) is 2. The lowest BCUT2D eigenvalue weighted by molar-refractivity contribution is 0.0521. The van der Waals surface area contributed by atoms with E-state index >= 15 is 0 Å². The zero-order chi connectivity index (χ0) is 13.8. The van der Waals surface area contributed by atoms with Crippen molar-refractivity contribution in [3.05, 3.63) is 30.0 Å². The SMILES string of the molecule is CCOC(=O)c1nc(N)sc1-c1ccccc1OC. The van der Waals surface area contributed by atoms with Crippen LogP contribution < -0.4 is 10.5 Å². The molecular weight excluding hydrogens is 264 g/mol. The minimum Gasteiger partial charge on any atom is -0.496 e. The second-order valence-electron chi connectivity index (χ2n) is 3.65. The quantitative estimate of drug-likeness (QED) is 0.870. The summed E-state index contributed by atoms with van der Waals surface area (Å²) in [6.07, 6.45) is 0. The number of methoxy groups -OCH3 is 1. The molecule has 2 aromatic rings. The maximum Gasteiger partial charge on any atom is 0.358 e. The van der Waals surface area contributed by atoms with Gasteiger partial charge in [-0.25, -0.2) is 9.78 Å². The fourth-order valence-corrected chi connectivity index (χ4v) is 2.54. The molecule has 5 nitrogen and oxygen atoms in total. The van der Waals surface area contributed by atoms with Crippen LogP contribution in [0, 0.1) is 0 Å². The van der Waals surface area contributed by atoms with E-state index in [4.69, 9.17) is 15.2 Å². The standard InChI is InChI=1S/C13H14N2O3S/c1-3-18-12(16)10-11(19-13(14)15-10)8-6-4-5-7-9(8)17-2/h4-7H,3H2,1-2H3,(H2,14,15). The zero-order valence-electron chi connectivity index (χ0n) is 10.7. The highest BCUT2D eigenvalue weighted by molar-refractivity contribution is 7.19. The lowest BCUT2D eigenvalue weighted by Gasteiger charge is -2.07. The predicted molar refractivity (Wildman–Crippen MR) is 74.5 cm³/mol. The molecule has 0 radical (unpaired) electrons. The topological polar surface area (TPSA) is 74.4 Å². The monoisotopic (exact) mass is 278 g/mol. The van der Waals surface area contributed by atoms with Gasteiger partial charge in [0.05, 0.1) is 18.6 Å². The highest BCUT2D eigenvalue weighted by Gasteiger charge is 2.21. The lowest BCUT2D eigenvalue weighted by Crippen LogP contribution is -2.06. The molecule has 1 aromatic carbocycles. The number of rotatable bonds is 4. The number of carbonyl (C=O) groups is 1. The van der Waals surface area contributed by atoms with E-state index in [0.717, 1.165) is 5.56 Å². The van der Waals surface area contributed by atoms with Gasteiger partial charge in [0.2, 0.25) is 0 Å². The zero-order valence-corrected chi connectivity index (χ0v) is 11.5. The van der Waals surface area contributed by atoms with Gasteiger partial charge in [-0.1, -0.05) is 23.5 Å². The van der Waals surface area contributed by atoms with Crippen LogP contribution in [0.4, 0.5) is 5.13 Å². The minimum atomic E-state index is -0.476. The maximum absolute atomic E-state index is 11.9. The van der Waals surface area contributed by atoms with Crippen LogP contribution in [0.2, 0.25) is 0 Å². The summed E-state index contributed by atoms with van der Waals surface area (Å²) >= 11 is 1.24. The lowest BCUT2D eigenvalue weighted by atomic mass is 10.1. The fraction of sp³-hybridized carbons (Fsp3) is 0.231. The molecule has 0 unspecified atom stereocenters. The van der Waals surface area contributed by atoms with Crippen molar-refractivity contribution in [2.75, 3.05) is 19.5 Å². The molecule has 2 rings (SSSR count). The second-order valence-corrected chi connectivity index (χ2v) is 4.68. The Morgan fingerprint density at radius 2 is 2.16 bits per heavy atom. The highest BCUT2D eigenvalue weighted by atomic mass is 32.1. The van der Waals surface area contributed by atoms with Crippen molar-refractivity contribution in [1.29, 1.82) is 0 Å². The third kappa shape index (κ3) is 2.68. The van der Waals surface area contributed by atoms with Gasteiger partial charge in [-0.3, -0.25) is 0 Å². The number of nitrogens with zero attached hydrogens (tertiary/aromatic N) is 1. The van der Waals surface area contributed by atoms with Crippen molar-refractivity contribution in [1.82, 2.24) is 4.98 Å². The van der Waals surface area contributed by atoms with Gasteiger partial charge in [0.1, 0.15) is 5.75 Å². The first-order chi connectivity index (χ1) is 9.17. The summed E-state index contributed by atoms with van der Waals surface area (Å²) in [5.41, 5.74) is 6.71. The number of para-hydroxylation sites is 1. The van der Waals surface area contributed by atoms with Crippen LogP contribution in [-0.2, 0) is 4.74 Å². The van der Waals surface area contributed by atoms with Gasteiger partial charge in [0.25, 0.3) is 0 Å². The van der Waals surface area contributed by atoms with Crippen LogP contribution in [-0.4, -0.2) is 24.7 Å². The summed E-state index contributed by atoms with van der Waals surface area (Å²) in [4.78, 5) is 16.6. The predicted octanol–water partition coefficient (Wildman–Crippen LogP) is 2.58. The first kappa shape index (κ1) is 13.4. The molecule has 0 aliphatic carbocycles. The number of anilines is 1. The molecular formula is C13H14N2O3S. The number of benzene rings is 1. The Hall–Kier alpha value is -2.08. The first-order valence-corrected chi connectivity index (χ1v) is 6.55. The molecule has 1 aromatic heterocycles. The number of thiazole rings is 1. The number of hydrogen-bond donors (Lipinski definition) is 1. The summed E-state index contributed by atoms with van der Waals surface area (Å²) in [5.74, 6) is 0.188. The molecule has 0 spiro atoms. The summed E-state index contributed by atoms with van der Waals surface area (Å²) in [6.45, 7) is 2.04. The maximum atomic E-state index is 11.9. The number of esters is 1. The van der Waals surface area contributed by atoms with Gasteiger partial charge < -0.3 is 15.2 Å². The van der Waals surface area contributed by atoms with Crippen molar-refractivity contribution < 1.29 is 14.3 Å². The molecule has 0 saturated carbocycles. The van der Waals surface area contributed by atoms with Crippen LogP contribution in [0.25, 0.3) is 10.4 Å². The van der Waals surface area contributed by atoms with Gasteiger partial charge >= 0.3 is 5.97 Å². The molecule has 19 heavy (non-hydrogen) atoms. The Balaban J connectivity index is 2.53. The number of carbonyl (C=O) groups excluding carboxylic acids is 1. The van der Waals surface area contributed by atoms with Crippen molar-refractivity contribution in [3.63, 3.8) is 0 Å². The number of nitrogens with two attached hydrogens (primary N) is 1. The van der Waals surface area contributed by atoms with Crippen LogP contribution in [0.3, 0.4) is 0 Å². The van der Waals surface area contributed by atoms with Crippen molar-refractivity contribution >= 4 is 22.4 Å². The van der Waals surface area contributed by atoms with Crippen LogP contribution in [0.15, 0.2) is 24.3 Å². The average Bonchev–Trinajstić information content (AvgIpc) is 2.81. The molecule has 2 N–H and O–H groups in total. The van der Waals surface area contributed by atoms with E-state index in [1.807, 2.05) is 24.3 Å². The van der Waals surface area contributed by atoms with Gasteiger partial charge in [-0.15, -0.1) is 0 Å². The molecule has 0 bridgehead atoms. The first-order valence-electron chi connectivity index (χ1n) is 5.74. The molecule has 0 fully saturated rings. The molecule has 100 valence electrons. The van der Waals surface area contributed by atoms with E-state index in [2.05, 4.69) is 4.98 Å². The third-order valence-electron chi connectivity index (χ3n) is 2.46. The normalized spacial score (nSPS) is 10.2. The molecule has 0 atom stereocenters. The molecule has 0 aliphatic rings. The Morgan fingerprint density at radius 3 is 2.84 bits per heavy atom. The Kier molecular flexibility index (Phi) is 4.01. The van der Waals surface area contributed by atoms with Gasteiger partial charge in [0, 0.05) is 5.56 Å². The van der Waals surface area contributed by atoms with E-state index < -0.39 is 5.97 Å². The second kappa shape index (κ2) is 5.71. The molecule has 1 heterocycles. The number of hydrogen-bond acceptors (Lipinski definition) is 6. The summed E-state index contributed by atoms with van der Waals surface area (Å²) in [6, 6.07) is 7.40. The average molecular weight is 278 g/mol. The van der Waals surface area contributed by atoms with Crippen LogP contribution >= 0.6 is 11.3 Å². The molecule has 0 saturated heterocycles. The smallest absolute Gasteiger partial charge is 0.358 e. The van der Waals surface area contributed by atoms with Crippen molar-refractivity contribution in [2.45, 2.75) is 6.92 Å². The van der Waals surface area contributed by atoms with Crippen LogP contribution in [0.1, 0.15) is 17.4 Å². The summed E-state index contributed by atoms with van der Waals surface area (Å²) < 4.78 is 10.3. The largest absolute Gasteiger partial charge is 0.496 e. The summed E-state index contributed by atoms with van der Waals surface area (Å²) in [7, 11) is 1.58. The van der Waals surface area contributed by atoms with Crippen LogP contribution in [0.5, 0.6) is 5.75 Å². The minimum absolute atomic E-state index is 0.230. The van der Waals surface area contributed by atoms with Gasteiger partial charge in [-0.2, -0.15) is 0 Å². The van der Waals surface area contributed by atoms with E-state index in [1.54, 1.807) is 14.0 Å². The van der Waals surface area contributed by atoms with E-state index in [1.165, 1.54) is 11.3 Å². The van der Waals surface area contributed by atoms with Crippen molar-refractivity contribution in [3.8, 4) is 16.2 Å². The fourth-order valence-electron chi connectivity index (χ4n) is 1.69. The third-order valence-corrected chi connectivity index (χ3v) is 3.38. The molecule has 0 amide bonds. The Labute approximate surface area is 115 Å². The molecule has 6 heteroatoms. The van der Waals surface area contributed by atoms with Gasteiger partial charge in [0.15, 0.2) is 10.8 Å². The van der Waals surface area contributed by atoms with E-state index in [9.17, 15) is 4.79 Å². The Morgan fingerprint density at radius 1 is 1.42 bits per heavy atom.